The Bertz CT molecular complexity index is 402. The summed E-state index contributed by atoms with van der Waals surface area (Å²) in [5.74, 6) is -1.14. The monoisotopic (exact) mass is 266 g/mol. The third kappa shape index (κ3) is 4.95. The van der Waals surface area contributed by atoms with Gasteiger partial charge in [0.1, 0.15) is 12.1 Å². The van der Waals surface area contributed by atoms with Crippen molar-refractivity contribution in [3.05, 3.63) is 0 Å². The van der Waals surface area contributed by atoms with Gasteiger partial charge in [-0.1, -0.05) is 0 Å². The number of nitrogens with zero attached hydrogens (tertiary/aromatic N) is 1. The summed E-state index contributed by atoms with van der Waals surface area (Å²) in [6, 6.07) is 0.688. The standard InChI is InChI=1S/C12H18N4O3/c13-7-3-1-2-4-8(11(14)18)16-12(19)9-5-6-10(17)15-9/h8-9H,1-6H2,(H2,14,18)(H,15,17)(H,16,19)/t8-,9+/m0/s1. The van der Waals surface area contributed by atoms with Gasteiger partial charge in [0.25, 0.3) is 0 Å². The molecule has 0 bridgehead atoms. The van der Waals surface area contributed by atoms with Crippen LogP contribution in [0.15, 0.2) is 0 Å². The molecule has 2 atom stereocenters. The van der Waals surface area contributed by atoms with Gasteiger partial charge in [0, 0.05) is 12.8 Å². The second-order valence-corrected chi connectivity index (χ2v) is 4.53. The first kappa shape index (κ1) is 15.0. The normalized spacial score (nSPS) is 19.3. The van der Waals surface area contributed by atoms with Gasteiger partial charge in [0.05, 0.1) is 6.07 Å². The molecule has 1 fully saturated rings. The maximum Gasteiger partial charge on any atom is 0.243 e. The van der Waals surface area contributed by atoms with Crippen LogP contribution < -0.4 is 16.4 Å². The summed E-state index contributed by atoms with van der Waals surface area (Å²) < 4.78 is 0. The smallest absolute Gasteiger partial charge is 0.243 e. The number of nitrogens with two attached hydrogens (primary N) is 1. The quantitative estimate of drug-likeness (QED) is 0.528. The average Bonchev–Trinajstić information content (AvgIpc) is 2.79. The van der Waals surface area contributed by atoms with E-state index in [2.05, 4.69) is 10.6 Å². The summed E-state index contributed by atoms with van der Waals surface area (Å²) in [5.41, 5.74) is 5.22. The van der Waals surface area contributed by atoms with Crippen LogP contribution in [-0.4, -0.2) is 29.8 Å². The lowest BCUT2D eigenvalue weighted by Crippen LogP contribution is -2.50. The Kier molecular flexibility index (Phi) is 5.79. The van der Waals surface area contributed by atoms with E-state index in [1.807, 2.05) is 6.07 Å². The van der Waals surface area contributed by atoms with Gasteiger partial charge >= 0.3 is 0 Å². The van der Waals surface area contributed by atoms with Crippen molar-refractivity contribution >= 4 is 17.7 Å². The molecule has 0 unspecified atom stereocenters. The van der Waals surface area contributed by atoms with E-state index < -0.39 is 18.0 Å². The Labute approximate surface area is 111 Å². The van der Waals surface area contributed by atoms with Crippen LogP contribution in [0.25, 0.3) is 0 Å². The van der Waals surface area contributed by atoms with E-state index in [1.165, 1.54) is 0 Å². The molecule has 0 radical (unpaired) electrons. The van der Waals surface area contributed by atoms with Crippen molar-refractivity contribution in [1.82, 2.24) is 10.6 Å². The fraction of sp³-hybridized carbons (Fsp3) is 0.667. The van der Waals surface area contributed by atoms with Crippen molar-refractivity contribution in [3.8, 4) is 6.07 Å². The minimum Gasteiger partial charge on any atom is -0.368 e. The molecule has 1 aliphatic heterocycles. The van der Waals surface area contributed by atoms with Gasteiger partial charge in [-0.25, -0.2) is 0 Å². The first-order valence-corrected chi connectivity index (χ1v) is 6.30. The summed E-state index contributed by atoms with van der Waals surface area (Å²) in [4.78, 5) is 34.0. The second-order valence-electron chi connectivity index (χ2n) is 4.53. The molecule has 19 heavy (non-hydrogen) atoms. The predicted molar refractivity (Wildman–Crippen MR) is 66.4 cm³/mol. The van der Waals surface area contributed by atoms with Crippen LogP contribution in [0.4, 0.5) is 0 Å². The molecule has 1 saturated heterocycles. The summed E-state index contributed by atoms with van der Waals surface area (Å²) in [7, 11) is 0. The predicted octanol–water partition coefficient (Wildman–Crippen LogP) is -0.681. The molecule has 1 rings (SSSR count). The number of hydrogen-bond donors (Lipinski definition) is 3. The van der Waals surface area contributed by atoms with E-state index in [0.29, 0.717) is 38.5 Å². The fourth-order valence-electron chi connectivity index (χ4n) is 1.92. The number of unbranched alkanes of at least 4 members (excludes halogenated alkanes) is 2. The molecule has 1 heterocycles. The third-order valence-electron chi connectivity index (χ3n) is 3.00. The van der Waals surface area contributed by atoms with Gasteiger partial charge in [0.2, 0.25) is 17.7 Å². The zero-order valence-electron chi connectivity index (χ0n) is 10.6. The van der Waals surface area contributed by atoms with E-state index in [1.54, 1.807) is 0 Å². The van der Waals surface area contributed by atoms with E-state index >= 15 is 0 Å². The molecule has 104 valence electrons. The van der Waals surface area contributed by atoms with Gasteiger partial charge in [0.15, 0.2) is 0 Å². The molecule has 0 aliphatic carbocycles. The Morgan fingerprint density at radius 2 is 2.26 bits per heavy atom. The lowest BCUT2D eigenvalue weighted by atomic mass is 10.1. The molecule has 7 nitrogen and oxygen atoms in total. The van der Waals surface area contributed by atoms with Gasteiger partial charge in [-0.3, -0.25) is 14.4 Å². The highest BCUT2D eigenvalue weighted by Gasteiger charge is 2.29. The van der Waals surface area contributed by atoms with Crippen LogP contribution in [0.3, 0.4) is 0 Å². The topological polar surface area (TPSA) is 125 Å². The summed E-state index contributed by atoms with van der Waals surface area (Å²) in [6.45, 7) is 0. The Hall–Kier alpha value is -2.10. The highest BCUT2D eigenvalue weighted by Crippen LogP contribution is 2.08. The van der Waals surface area contributed by atoms with Crippen LogP contribution in [0, 0.1) is 11.3 Å². The van der Waals surface area contributed by atoms with Gasteiger partial charge < -0.3 is 16.4 Å². The van der Waals surface area contributed by atoms with Crippen molar-refractivity contribution in [2.45, 2.75) is 50.6 Å². The molecule has 4 N–H and O–H groups in total. The van der Waals surface area contributed by atoms with Crippen molar-refractivity contribution < 1.29 is 14.4 Å². The van der Waals surface area contributed by atoms with Gasteiger partial charge in [-0.05, 0) is 25.7 Å². The molecule has 7 heteroatoms. The molecule has 1 aliphatic rings. The zero-order valence-corrected chi connectivity index (χ0v) is 10.6. The average molecular weight is 266 g/mol. The number of carbonyl (C=O) groups excluding carboxylic acids is 3. The third-order valence-corrected chi connectivity index (χ3v) is 3.00. The van der Waals surface area contributed by atoms with Crippen LogP contribution in [-0.2, 0) is 14.4 Å². The number of amides is 3. The summed E-state index contributed by atoms with van der Waals surface area (Å²) >= 11 is 0. The van der Waals surface area contributed by atoms with Crippen LogP contribution in [0.1, 0.15) is 38.5 Å². The summed E-state index contributed by atoms with van der Waals surface area (Å²) in [5, 5.41) is 13.5. The SMILES string of the molecule is N#CCCCC[C@H](NC(=O)[C@H]1CCC(=O)N1)C(N)=O. The molecular weight excluding hydrogens is 248 g/mol. The minimum atomic E-state index is -0.747. The molecule has 0 aromatic rings. The number of rotatable bonds is 7. The molecule has 0 spiro atoms. The molecule has 0 aromatic carbocycles. The molecule has 3 amide bonds. The Balaban J connectivity index is 2.40. The first-order valence-electron chi connectivity index (χ1n) is 6.30. The van der Waals surface area contributed by atoms with Crippen LogP contribution in [0.5, 0.6) is 0 Å². The molecule has 0 aromatic heterocycles. The maximum atomic E-state index is 11.8. The lowest BCUT2D eigenvalue weighted by molar-refractivity contribution is -0.129. The van der Waals surface area contributed by atoms with E-state index in [-0.39, 0.29) is 11.8 Å². The molecular formula is C12H18N4O3. The number of hydrogen-bond acceptors (Lipinski definition) is 4. The van der Waals surface area contributed by atoms with E-state index in [9.17, 15) is 14.4 Å². The van der Waals surface area contributed by atoms with Crippen molar-refractivity contribution in [1.29, 1.82) is 5.26 Å². The fourth-order valence-corrected chi connectivity index (χ4v) is 1.92. The first-order chi connectivity index (χ1) is 9.04. The van der Waals surface area contributed by atoms with Crippen molar-refractivity contribution in [3.63, 3.8) is 0 Å². The van der Waals surface area contributed by atoms with E-state index in [4.69, 9.17) is 11.0 Å². The maximum absolute atomic E-state index is 11.8. The van der Waals surface area contributed by atoms with E-state index in [0.717, 1.165) is 0 Å². The second kappa shape index (κ2) is 7.36. The van der Waals surface area contributed by atoms with Gasteiger partial charge in [-0.2, -0.15) is 5.26 Å². The number of carbonyl (C=O) groups is 3. The Morgan fingerprint density at radius 3 is 2.79 bits per heavy atom. The largest absolute Gasteiger partial charge is 0.368 e. The molecule has 0 saturated carbocycles. The highest BCUT2D eigenvalue weighted by molar-refractivity contribution is 5.93. The van der Waals surface area contributed by atoms with Crippen LogP contribution in [0.2, 0.25) is 0 Å². The number of nitrogens with one attached hydrogen (secondary N) is 2. The lowest BCUT2D eigenvalue weighted by Gasteiger charge is -2.17. The number of primary amides is 1. The van der Waals surface area contributed by atoms with Crippen molar-refractivity contribution in [2.75, 3.05) is 0 Å². The number of nitriles is 1. The van der Waals surface area contributed by atoms with Crippen molar-refractivity contribution in [2.24, 2.45) is 5.73 Å². The highest BCUT2D eigenvalue weighted by atomic mass is 16.2. The zero-order chi connectivity index (χ0) is 14.3. The van der Waals surface area contributed by atoms with Crippen LogP contribution >= 0.6 is 0 Å². The van der Waals surface area contributed by atoms with Gasteiger partial charge in [-0.15, -0.1) is 0 Å². The minimum absolute atomic E-state index is 0.162. The Morgan fingerprint density at radius 1 is 1.53 bits per heavy atom. The summed E-state index contributed by atoms with van der Waals surface area (Å²) in [6.07, 6.45) is 2.88.